The second-order valence-corrected chi connectivity index (χ2v) is 8.64. The van der Waals surface area contributed by atoms with Crippen molar-refractivity contribution in [2.45, 2.75) is 22.8 Å². The smallest absolute Gasteiger partial charge is 0.277 e. The van der Waals surface area contributed by atoms with Crippen LogP contribution < -0.4 is 9.47 Å². The van der Waals surface area contributed by atoms with Gasteiger partial charge < -0.3 is 45.2 Å². The van der Waals surface area contributed by atoms with Crippen LogP contribution >= 0.6 is 0 Å². The number of ketones is 2. The molecule has 0 amide bonds. The Kier molecular flexibility index (Phi) is 5.09. The number of hydrogen-bond donors (Lipinski definition) is 7. The molecule has 0 saturated heterocycles. The van der Waals surface area contributed by atoms with E-state index in [0.29, 0.717) is 0 Å². The van der Waals surface area contributed by atoms with Crippen molar-refractivity contribution >= 4 is 11.6 Å². The topological polar surface area (TPSA) is 194 Å². The quantitative estimate of drug-likeness (QED) is 0.213. The van der Waals surface area contributed by atoms with E-state index in [1.165, 1.54) is 24.3 Å². The summed E-state index contributed by atoms with van der Waals surface area (Å²) in [7, 11) is 2.00. The van der Waals surface area contributed by atoms with Crippen molar-refractivity contribution in [2.75, 3.05) is 14.2 Å². The third-order valence-corrected chi connectivity index (χ3v) is 7.20. The number of fused-ring (bicyclic) bond motifs is 10. The summed E-state index contributed by atoms with van der Waals surface area (Å²) in [5.41, 5.74) is -6.07. The van der Waals surface area contributed by atoms with Crippen LogP contribution in [-0.2, 0) is 22.8 Å². The van der Waals surface area contributed by atoms with E-state index in [4.69, 9.17) is 19.7 Å². The van der Waals surface area contributed by atoms with Gasteiger partial charge in [-0.05, 0) is 6.07 Å². The van der Waals surface area contributed by atoms with Crippen LogP contribution in [0.5, 0.6) is 17.2 Å². The number of carbonyl (C=O) groups excluding carboxylic acids is 2. The van der Waals surface area contributed by atoms with Crippen molar-refractivity contribution in [2.24, 2.45) is 0 Å². The third kappa shape index (κ3) is 2.41. The van der Waals surface area contributed by atoms with Gasteiger partial charge in [0, 0.05) is 47.6 Å². The summed E-state index contributed by atoms with van der Waals surface area (Å²) >= 11 is 0. The van der Waals surface area contributed by atoms with E-state index in [2.05, 4.69) is 0 Å². The summed E-state index contributed by atoms with van der Waals surface area (Å²) in [4.78, 5) is 26.4. The average Bonchev–Trinajstić information content (AvgIpc) is 3.45. The van der Waals surface area contributed by atoms with Crippen LogP contribution in [0.4, 0.5) is 0 Å². The van der Waals surface area contributed by atoms with Gasteiger partial charge in [0.2, 0.25) is 28.5 Å². The molecule has 0 fully saturated rings. The van der Waals surface area contributed by atoms with Gasteiger partial charge in [-0.25, -0.2) is 0 Å². The van der Waals surface area contributed by atoms with Gasteiger partial charge in [-0.15, -0.1) is 0 Å². The highest BCUT2D eigenvalue weighted by molar-refractivity contribution is 6.11. The number of aromatic hydroxyl groups is 1. The van der Waals surface area contributed by atoms with Gasteiger partial charge in [-0.3, -0.25) is 9.59 Å². The highest BCUT2D eigenvalue weighted by Crippen LogP contribution is 2.67. The van der Waals surface area contributed by atoms with E-state index >= 15 is 0 Å². The fourth-order valence-electron chi connectivity index (χ4n) is 5.58. The fraction of sp³-hybridized carbons (Fsp3) is 0.231. The number of phenolic OH excluding ortho intramolecular Hbond substituents is 1. The third-order valence-electron chi connectivity index (χ3n) is 7.20. The summed E-state index contributed by atoms with van der Waals surface area (Å²) in [6.45, 7) is 0. The molecule has 0 aromatic heterocycles. The first-order valence-corrected chi connectivity index (χ1v) is 11.0. The number of phenols is 1. The largest absolute Gasteiger partial charge is 0.502 e. The predicted molar refractivity (Wildman–Crippen MR) is 123 cm³/mol. The van der Waals surface area contributed by atoms with Crippen LogP contribution in [0.25, 0.3) is 0 Å². The van der Waals surface area contributed by atoms with Crippen molar-refractivity contribution in [3.05, 3.63) is 88.0 Å². The molecule has 0 bridgehead atoms. The maximum Gasteiger partial charge on any atom is 0.277 e. The van der Waals surface area contributed by atoms with Crippen LogP contribution in [0.3, 0.4) is 0 Å². The summed E-state index contributed by atoms with van der Waals surface area (Å²) in [5, 5.41) is 70.6. The zero-order valence-corrected chi connectivity index (χ0v) is 19.5. The van der Waals surface area contributed by atoms with Crippen LogP contribution in [-0.4, -0.2) is 61.5 Å². The number of aliphatic hydroxyl groups is 6. The highest BCUT2D eigenvalue weighted by Gasteiger charge is 2.75. The zero-order valence-electron chi connectivity index (χ0n) is 19.5. The molecular formula is C26H22O11. The van der Waals surface area contributed by atoms with E-state index < -0.39 is 51.6 Å². The number of aliphatic hydroxyl groups excluding tert-OH is 2. The molecule has 2 aliphatic heterocycles. The Morgan fingerprint density at radius 2 is 0.946 bits per heavy atom. The predicted octanol–water partition coefficient (Wildman–Crippen LogP) is -0.148. The molecule has 4 atom stereocenters. The Hall–Kier alpha value is -3.84. The second kappa shape index (κ2) is 7.59. The van der Waals surface area contributed by atoms with Crippen molar-refractivity contribution in [1.82, 2.24) is 0 Å². The molecule has 4 aliphatic rings. The fourth-order valence-corrected chi connectivity index (χ4v) is 5.58. The molecule has 11 heteroatoms. The molecule has 0 spiro atoms. The SMILES string of the molecule is CO.CO.O=C1c2ccccc2[C@]2(O)Oc3c(cc4c(c3O)O[C@@]3(O)c5ccccc5C(=O)[C@@]43O)[C@]12O. The monoisotopic (exact) mass is 510 g/mol. The van der Waals surface area contributed by atoms with Gasteiger partial charge >= 0.3 is 0 Å². The Bertz CT molecular complexity index is 1390. The molecule has 192 valence electrons. The number of carbonyl (C=O) groups is 2. The first-order chi connectivity index (χ1) is 17.6. The summed E-state index contributed by atoms with van der Waals surface area (Å²) in [6.07, 6.45) is 0. The molecule has 11 nitrogen and oxygen atoms in total. The standard InChI is InChI=1S/C24H14O9.2CH4O/c25-16-17-14(21(28)19(26)10-5-1-3-7-12(10)23(21,30)32-17)9-15-18(16)33-24(31)13-8-4-2-6-11(13)20(27)22(15,24)29;2*1-2/h1-9,25,28-31H;2*2H,1H3/t21-,22-,23-,24-;;/m0../s1. The summed E-state index contributed by atoms with van der Waals surface area (Å²) in [5.74, 6) is -8.61. The second-order valence-electron chi connectivity index (χ2n) is 8.64. The lowest BCUT2D eigenvalue weighted by molar-refractivity contribution is -0.227. The maximum absolute atomic E-state index is 13.2. The van der Waals surface area contributed by atoms with Crippen LogP contribution in [0, 0.1) is 0 Å². The van der Waals surface area contributed by atoms with Gasteiger partial charge in [-0.1, -0.05) is 48.5 Å². The summed E-state index contributed by atoms with van der Waals surface area (Å²) in [6, 6.07) is 12.9. The van der Waals surface area contributed by atoms with E-state index in [9.17, 15) is 35.1 Å². The van der Waals surface area contributed by atoms with Crippen LogP contribution in [0.1, 0.15) is 43.0 Å². The minimum atomic E-state index is -2.68. The lowest BCUT2D eigenvalue weighted by Gasteiger charge is -2.30. The van der Waals surface area contributed by atoms with E-state index in [1.54, 1.807) is 24.3 Å². The van der Waals surface area contributed by atoms with Gasteiger partial charge in [0.1, 0.15) is 0 Å². The van der Waals surface area contributed by atoms with E-state index in [0.717, 1.165) is 20.3 Å². The average molecular weight is 510 g/mol. The number of benzene rings is 3. The number of ether oxygens (including phenoxy) is 2. The van der Waals surface area contributed by atoms with E-state index in [1.807, 2.05) is 0 Å². The van der Waals surface area contributed by atoms with Crippen molar-refractivity contribution in [3.63, 3.8) is 0 Å². The molecule has 2 heterocycles. The first kappa shape index (κ1) is 24.8. The lowest BCUT2D eigenvalue weighted by Crippen LogP contribution is -2.49. The normalized spacial score (nSPS) is 30.7. The maximum atomic E-state index is 13.2. The van der Waals surface area contributed by atoms with E-state index in [-0.39, 0.29) is 33.4 Å². The van der Waals surface area contributed by atoms with Crippen molar-refractivity contribution in [1.29, 1.82) is 0 Å². The molecule has 0 radical (unpaired) electrons. The van der Waals surface area contributed by atoms with Gasteiger partial charge in [-0.2, -0.15) is 0 Å². The van der Waals surface area contributed by atoms with Crippen LogP contribution in [0.15, 0.2) is 54.6 Å². The molecule has 2 aliphatic carbocycles. The first-order valence-electron chi connectivity index (χ1n) is 11.0. The molecule has 7 N–H and O–H groups in total. The zero-order chi connectivity index (χ0) is 27.1. The summed E-state index contributed by atoms with van der Waals surface area (Å²) < 4.78 is 11.1. The molecule has 0 unspecified atom stereocenters. The van der Waals surface area contributed by atoms with Crippen molar-refractivity contribution in [3.8, 4) is 17.2 Å². The van der Waals surface area contributed by atoms with Gasteiger partial charge in [0.25, 0.3) is 11.6 Å². The Labute approximate surface area is 209 Å². The minimum Gasteiger partial charge on any atom is -0.502 e. The highest BCUT2D eigenvalue weighted by atomic mass is 16.7. The number of rotatable bonds is 0. The van der Waals surface area contributed by atoms with Gasteiger partial charge in [0.15, 0.2) is 11.5 Å². The number of hydrogen-bond acceptors (Lipinski definition) is 11. The molecule has 7 rings (SSSR count). The van der Waals surface area contributed by atoms with Crippen LogP contribution in [0.2, 0.25) is 0 Å². The van der Waals surface area contributed by atoms with Crippen molar-refractivity contribution < 1.29 is 54.8 Å². The Morgan fingerprint density at radius 1 is 0.595 bits per heavy atom. The molecule has 37 heavy (non-hydrogen) atoms. The molecule has 3 aromatic rings. The van der Waals surface area contributed by atoms with Gasteiger partial charge in [0.05, 0.1) is 0 Å². The number of Topliss-reactive ketones (excluding diaryl/α,β-unsaturated/α-hetero) is 2. The Balaban J connectivity index is 0.000000670. The molecular weight excluding hydrogens is 488 g/mol. The lowest BCUT2D eigenvalue weighted by atomic mass is 9.81. The molecule has 0 saturated carbocycles. The Morgan fingerprint density at radius 3 is 1.32 bits per heavy atom. The minimum absolute atomic E-state index is 0.00579. The molecule has 3 aromatic carbocycles.